The molecule has 0 aliphatic heterocycles. The molecule has 0 saturated carbocycles. The van der Waals surface area contributed by atoms with Gasteiger partial charge in [0, 0.05) is 11.6 Å². The zero-order valence-electron chi connectivity index (χ0n) is 9.98. The van der Waals surface area contributed by atoms with Gasteiger partial charge in [-0.3, -0.25) is 0 Å². The Bertz CT molecular complexity index is 520. The quantitative estimate of drug-likeness (QED) is 0.788. The normalized spacial score (nSPS) is 13.6. The lowest BCUT2D eigenvalue weighted by atomic mass is 10.1. The monoisotopic (exact) mass is 276 g/mol. The van der Waals surface area contributed by atoms with Crippen LogP contribution in [0.15, 0.2) is 10.5 Å². The zero-order chi connectivity index (χ0) is 13.2. The molecule has 0 aliphatic rings. The van der Waals surface area contributed by atoms with Crippen molar-refractivity contribution in [2.75, 3.05) is 5.75 Å². The van der Waals surface area contributed by atoms with Gasteiger partial charge < -0.3 is 10.2 Å². The lowest BCUT2D eigenvalue weighted by Gasteiger charge is -2.13. The molecule has 0 bridgehead atoms. The Morgan fingerprint density at radius 3 is 2.59 bits per heavy atom. The molecule has 96 valence electrons. The minimum atomic E-state index is -3.49. The van der Waals surface area contributed by atoms with Gasteiger partial charge in [0.05, 0.1) is 4.99 Å². The Labute approximate surface area is 106 Å². The highest BCUT2D eigenvalue weighted by molar-refractivity contribution is 7.92. The molecule has 0 aromatic carbocycles. The average Bonchev–Trinajstić information content (AvgIpc) is 2.41. The molecule has 1 atom stereocenters. The highest BCUT2D eigenvalue weighted by Crippen LogP contribution is 2.21. The van der Waals surface area contributed by atoms with Crippen LogP contribution in [0.3, 0.4) is 0 Å². The number of furan rings is 1. The molecule has 1 rings (SSSR count). The van der Waals surface area contributed by atoms with E-state index in [1.807, 2.05) is 13.0 Å². The smallest absolute Gasteiger partial charge is 0.218 e. The van der Waals surface area contributed by atoms with E-state index >= 15 is 0 Å². The van der Waals surface area contributed by atoms with Crippen LogP contribution in [0.25, 0.3) is 0 Å². The summed E-state index contributed by atoms with van der Waals surface area (Å²) in [7, 11) is -3.49. The van der Waals surface area contributed by atoms with Crippen molar-refractivity contribution in [2.45, 2.75) is 26.8 Å². The maximum atomic E-state index is 11.6. The highest BCUT2D eigenvalue weighted by Gasteiger charge is 2.19. The van der Waals surface area contributed by atoms with Crippen LogP contribution in [0.2, 0.25) is 0 Å². The molecule has 5 nitrogen and oxygen atoms in total. The van der Waals surface area contributed by atoms with Gasteiger partial charge in [0.25, 0.3) is 0 Å². The van der Waals surface area contributed by atoms with Gasteiger partial charge in [-0.2, -0.15) is 0 Å². The molecule has 0 spiro atoms. The van der Waals surface area contributed by atoms with Crippen molar-refractivity contribution >= 4 is 27.2 Å². The van der Waals surface area contributed by atoms with Crippen molar-refractivity contribution in [1.29, 1.82) is 0 Å². The van der Waals surface area contributed by atoms with E-state index in [2.05, 4.69) is 16.9 Å². The van der Waals surface area contributed by atoms with Crippen molar-refractivity contribution in [3.63, 3.8) is 0 Å². The van der Waals surface area contributed by atoms with Crippen LogP contribution in [-0.4, -0.2) is 19.2 Å². The Balaban J connectivity index is 2.83. The summed E-state index contributed by atoms with van der Waals surface area (Å²) in [6.07, 6.45) is 0. The minimum Gasteiger partial charge on any atom is -0.466 e. The molecule has 1 heterocycles. The van der Waals surface area contributed by atoms with Crippen LogP contribution in [-0.2, 0) is 10.0 Å². The Hall–Kier alpha value is -0.920. The fraction of sp³-hybridized carbons (Fsp3) is 0.500. The number of thiocarbonyl (C=S) groups is 1. The molecule has 0 fully saturated rings. The van der Waals surface area contributed by atoms with Crippen molar-refractivity contribution < 1.29 is 12.8 Å². The Morgan fingerprint density at radius 1 is 1.59 bits per heavy atom. The summed E-state index contributed by atoms with van der Waals surface area (Å²) in [5.74, 6) is 1.11. The fourth-order valence-electron chi connectivity index (χ4n) is 1.64. The second kappa shape index (κ2) is 5.16. The molecule has 3 N–H and O–H groups in total. The minimum absolute atomic E-state index is 0.0511. The molecule has 1 aromatic heterocycles. The first kappa shape index (κ1) is 14.1. The summed E-state index contributed by atoms with van der Waals surface area (Å²) >= 11 is 4.58. The van der Waals surface area contributed by atoms with Gasteiger partial charge in [-0.25, -0.2) is 13.1 Å². The molecule has 1 unspecified atom stereocenters. The lowest BCUT2D eigenvalue weighted by molar-refractivity contribution is 0.496. The Kier molecular flexibility index (Phi) is 4.29. The van der Waals surface area contributed by atoms with Crippen LogP contribution in [0.5, 0.6) is 0 Å². The number of aryl methyl sites for hydroxylation is 2. The largest absolute Gasteiger partial charge is 0.466 e. The number of rotatable bonds is 5. The van der Waals surface area contributed by atoms with E-state index in [0.29, 0.717) is 5.76 Å². The standard InChI is InChI=1S/C10H16N2O3S2/c1-6-4-9(8(3)15-6)7(2)12-17(13,14)5-10(11)16/h4,7,12H,5H2,1-3H3,(H2,11,16). The van der Waals surface area contributed by atoms with Gasteiger partial charge >= 0.3 is 0 Å². The van der Waals surface area contributed by atoms with Crippen molar-refractivity contribution in [3.05, 3.63) is 23.2 Å². The van der Waals surface area contributed by atoms with Crippen LogP contribution in [0, 0.1) is 13.8 Å². The number of nitrogens with two attached hydrogens (primary N) is 1. The third-order valence-corrected chi connectivity index (χ3v) is 3.97. The molecule has 1 aromatic rings. The second-order valence-corrected chi connectivity index (χ2v) is 6.21. The van der Waals surface area contributed by atoms with E-state index in [1.165, 1.54) is 0 Å². The summed E-state index contributed by atoms with van der Waals surface area (Å²) in [4.78, 5) is -0.0511. The van der Waals surface area contributed by atoms with Crippen LogP contribution >= 0.6 is 12.2 Å². The van der Waals surface area contributed by atoms with Gasteiger partial charge in [0.2, 0.25) is 10.0 Å². The second-order valence-electron chi connectivity index (χ2n) is 3.93. The van der Waals surface area contributed by atoms with Gasteiger partial charge in [-0.1, -0.05) is 12.2 Å². The van der Waals surface area contributed by atoms with Gasteiger partial charge in [0.1, 0.15) is 17.3 Å². The molecular weight excluding hydrogens is 260 g/mol. The molecule has 0 saturated heterocycles. The fourth-order valence-corrected chi connectivity index (χ4v) is 3.23. The van der Waals surface area contributed by atoms with Gasteiger partial charge in [0.15, 0.2) is 0 Å². The van der Waals surface area contributed by atoms with Gasteiger partial charge in [-0.05, 0) is 26.8 Å². The third kappa shape index (κ3) is 4.10. The van der Waals surface area contributed by atoms with E-state index < -0.39 is 10.0 Å². The SMILES string of the molecule is Cc1cc(C(C)NS(=O)(=O)CC(N)=S)c(C)o1. The number of hydrogen-bond acceptors (Lipinski definition) is 4. The van der Waals surface area contributed by atoms with Crippen LogP contribution < -0.4 is 10.5 Å². The lowest BCUT2D eigenvalue weighted by Crippen LogP contribution is -2.34. The Morgan fingerprint density at radius 2 is 2.18 bits per heavy atom. The molecule has 0 amide bonds. The van der Waals surface area contributed by atoms with Crippen LogP contribution in [0.1, 0.15) is 30.0 Å². The van der Waals surface area contributed by atoms with E-state index in [1.54, 1.807) is 13.8 Å². The predicted molar refractivity (Wildman–Crippen MR) is 70.3 cm³/mol. The molecular formula is C10H16N2O3S2. The first-order valence-corrected chi connectivity index (χ1v) is 7.12. The van der Waals surface area contributed by atoms with Gasteiger partial charge in [-0.15, -0.1) is 0 Å². The summed E-state index contributed by atoms with van der Waals surface area (Å²) in [6, 6.07) is 1.44. The van der Waals surface area contributed by atoms with Crippen molar-refractivity contribution in [2.24, 2.45) is 5.73 Å². The number of sulfonamides is 1. The summed E-state index contributed by atoms with van der Waals surface area (Å²) in [6.45, 7) is 5.35. The van der Waals surface area contributed by atoms with Crippen LogP contribution in [0.4, 0.5) is 0 Å². The summed E-state index contributed by atoms with van der Waals surface area (Å²) in [5, 5.41) is 0. The predicted octanol–water partition coefficient (Wildman–Crippen LogP) is 1.16. The molecule has 7 heteroatoms. The topological polar surface area (TPSA) is 85.3 Å². The van der Waals surface area contributed by atoms with E-state index in [4.69, 9.17) is 10.2 Å². The van der Waals surface area contributed by atoms with Crippen molar-refractivity contribution in [1.82, 2.24) is 4.72 Å². The highest BCUT2D eigenvalue weighted by atomic mass is 32.2. The summed E-state index contributed by atoms with van der Waals surface area (Å²) in [5.41, 5.74) is 6.03. The first-order chi connectivity index (χ1) is 7.71. The molecule has 0 aliphatic carbocycles. The van der Waals surface area contributed by atoms with E-state index in [-0.39, 0.29) is 16.8 Å². The van der Waals surface area contributed by atoms with E-state index in [9.17, 15) is 8.42 Å². The number of nitrogens with one attached hydrogen (secondary N) is 1. The maximum absolute atomic E-state index is 11.6. The molecule has 0 radical (unpaired) electrons. The molecule has 17 heavy (non-hydrogen) atoms. The summed E-state index contributed by atoms with van der Waals surface area (Å²) < 4.78 is 31.1. The first-order valence-electron chi connectivity index (χ1n) is 5.06. The maximum Gasteiger partial charge on any atom is 0.218 e. The van der Waals surface area contributed by atoms with Crippen molar-refractivity contribution in [3.8, 4) is 0 Å². The average molecular weight is 276 g/mol. The van der Waals surface area contributed by atoms with E-state index in [0.717, 1.165) is 11.3 Å². The third-order valence-electron chi connectivity index (χ3n) is 2.23. The number of hydrogen-bond donors (Lipinski definition) is 2. The zero-order valence-corrected chi connectivity index (χ0v) is 11.6.